The zero-order valence-electron chi connectivity index (χ0n) is 17.6. The van der Waals surface area contributed by atoms with Crippen molar-refractivity contribution in [1.29, 1.82) is 0 Å². The Bertz CT molecular complexity index is 478. The number of hydrogen-bond acceptors (Lipinski definition) is 4. The number of carbonyl (C=O) groups is 1. The van der Waals surface area contributed by atoms with E-state index in [4.69, 9.17) is 4.74 Å². The number of carbonyl (C=O) groups excluding carboxylic acids is 1. The van der Waals surface area contributed by atoms with E-state index in [2.05, 4.69) is 49.9 Å². The highest BCUT2D eigenvalue weighted by molar-refractivity contribution is 5.68. The molecule has 2 atom stereocenters. The molecule has 0 aliphatic carbocycles. The Hall–Kier alpha value is -0.810. The average Bonchev–Trinajstić information content (AvgIpc) is 2.65. The van der Waals surface area contributed by atoms with Crippen LogP contribution in [0.3, 0.4) is 0 Å². The van der Waals surface area contributed by atoms with Crippen LogP contribution in [-0.4, -0.2) is 66.8 Å². The number of rotatable bonds is 3. The Balaban J connectivity index is 1.88. The molecule has 2 saturated heterocycles. The number of hydrogen-bond donors (Lipinski definition) is 1. The third-order valence-electron chi connectivity index (χ3n) is 6.53. The highest BCUT2D eigenvalue weighted by Gasteiger charge is 2.52. The fourth-order valence-electron chi connectivity index (χ4n) is 4.69. The SMILES string of the molecule is CC(N1CCC(NC(=O)OC(C)(C)C)CC1)C1(C)CN(C)CC1(C)C. The van der Waals surface area contributed by atoms with Crippen LogP contribution in [0.4, 0.5) is 4.79 Å². The summed E-state index contributed by atoms with van der Waals surface area (Å²) in [5, 5.41) is 3.04. The Morgan fingerprint density at radius 3 is 2.16 bits per heavy atom. The molecule has 0 aromatic carbocycles. The van der Waals surface area contributed by atoms with Crippen molar-refractivity contribution in [3.63, 3.8) is 0 Å². The number of nitrogens with one attached hydrogen (secondary N) is 1. The third-order valence-corrected chi connectivity index (χ3v) is 6.53. The molecule has 1 N–H and O–H groups in total. The van der Waals surface area contributed by atoms with Gasteiger partial charge in [0.05, 0.1) is 0 Å². The van der Waals surface area contributed by atoms with Crippen LogP contribution in [0.15, 0.2) is 0 Å². The van der Waals surface area contributed by atoms with Crippen molar-refractivity contribution in [2.75, 3.05) is 33.2 Å². The summed E-state index contributed by atoms with van der Waals surface area (Å²) in [6.07, 6.45) is 1.70. The summed E-state index contributed by atoms with van der Waals surface area (Å²) in [7, 11) is 2.23. The molecule has 0 spiro atoms. The van der Waals surface area contributed by atoms with Crippen LogP contribution in [0, 0.1) is 10.8 Å². The second-order valence-corrected chi connectivity index (χ2v) is 10.1. The van der Waals surface area contributed by atoms with Crippen molar-refractivity contribution in [2.24, 2.45) is 10.8 Å². The van der Waals surface area contributed by atoms with Crippen molar-refractivity contribution in [3.8, 4) is 0 Å². The van der Waals surface area contributed by atoms with Gasteiger partial charge in [0, 0.05) is 43.7 Å². The lowest BCUT2D eigenvalue weighted by Crippen LogP contribution is -2.55. The molecule has 5 heteroatoms. The molecular weight excluding hydrogens is 314 g/mol. The van der Waals surface area contributed by atoms with Crippen molar-refractivity contribution < 1.29 is 9.53 Å². The first-order valence-electron chi connectivity index (χ1n) is 9.76. The normalized spacial score (nSPS) is 30.2. The van der Waals surface area contributed by atoms with Gasteiger partial charge in [-0.1, -0.05) is 20.8 Å². The summed E-state index contributed by atoms with van der Waals surface area (Å²) in [6, 6.07) is 0.764. The summed E-state index contributed by atoms with van der Waals surface area (Å²) in [6.45, 7) is 19.7. The number of likely N-dealkylation sites (tertiary alicyclic amines) is 2. The van der Waals surface area contributed by atoms with Crippen LogP contribution in [0.25, 0.3) is 0 Å². The maximum Gasteiger partial charge on any atom is 0.407 e. The quantitative estimate of drug-likeness (QED) is 0.845. The van der Waals surface area contributed by atoms with E-state index in [-0.39, 0.29) is 17.6 Å². The van der Waals surface area contributed by atoms with Crippen molar-refractivity contribution in [3.05, 3.63) is 0 Å². The molecule has 0 radical (unpaired) electrons. The fraction of sp³-hybridized carbons (Fsp3) is 0.950. The second kappa shape index (κ2) is 7.07. The first-order chi connectivity index (χ1) is 11.3. The molecule has 2 rings (SSSR count). The van der Waals surface area contributed by atoms with Gasteiger partial charge in [0.15, 0.2) is 0 Å². The van der Waals surface area contributed by atoms with E-state index in [9.17, 15) is 4.79 Å². The predicted molar refractivity (Wildman–Crippen MR) is 103 cm³/mol. The van der Waals surface area contributed by atoms with Gasteiger partial charge in [-0.15, -0.1) is 0 Å². The second-order valence-electron chi connectivity index (χ2n) is 10.1. The van der Waals surface area contributed by atoms with Gasteiger partial charge >= 0.3 is 6.09 Å². The van der Waals surface area contributed by atoms with Crippen molar-refractivity contribution >= 4 is 6.09 Å². The molecule has 146 valence electrons. The lowest BCUT2D eigenvalue weighted by Gasteiger charge is -2.49. The Labute approximate surface area is 154 Å². The summed E-state index contributed by atoms with van der Waals surface area (Å²) in [5.74, 6) is 0. The van der Waals surface area contributed by atoms with Gasteiger partial charge in [-0.05, 0) is 53.0 Å². The molecule has 0 aromatic heterocycles. The first kappa shape index (κ1) is 20.5. The number of alkyl carbamates (subject to hydrolysis) is 1. The van der Waals surface area contributed by atoms with Crippen LogP contribution in [0.1, 0.15) is 61.3 Å². The van der Waals surface area contributed by atoms with E-state index >= 15 is 0 Å². The van der Waals surface area contributed by atoms with E-state index in [0.29, 0.717) is 11.5 Å². The first-order valence-corrected chi connectivity index (χ1v) is 9.76. The largest absolute Gasteiger partial charge is 0.444 e. The van der Waals surface area contributed by atoms with Crippen LogP contribution in [-0.2, 0) is 4.74 Å². The summed E-state index contributed by atoms with van der Waals surface area (Å²) < 4.78 is 5.38. The van der Waals surface area contributed by atoms with Crippen LogP contribution in [0.2, 0.25) is 0 Å². The van der Waals surface area contributed by atoms with E-state index in [1.165, 1.54) is 0 Å². The van der Waals surface area contributed by atoms with Gasteiger partial charge in [-0.25, -0.2) is 4.79 Å². The lowest BCUT2D eigenvalue weighted by atomic mass is 9.64. The molecular formula is C20H39N3O2. The number of ether oxygens (including phenoxy) is 1. The molecule has 2 fully saturated rings. The molecule has 2 aliphatic rings. The number of piperidine rings is 1. The van der Waals surface area contributed by atoms with Gasteiger partial charge < -0.3 is 15.0 Å². The maximum absolute atomic E-state index is 12.0. The smallest absolute Gasteiger partial charge is 0.407 e. The molecule has 2 heterocycles. The van der Waals surface area contributed by atoms with E-state index in [1.54, 1.807) is 0 Å². The van der Waals surface area contributed by atoms with E-state index in [1.807, 2.05) is 20.8 Å². The topological polar surface area (TPSA) is 44.8 Å². The van der Waals surface area contributed by atoms with Gasteiger partial charge in [-0.3, -0.25) is 4.90 Å². The molecule has 25 heavy (non-hydrogen) atoms. The highest BCUT2D eigenvalue weighted by atomic mass is 16.6. The highest BCUT2D eigenvalue weighted by Crippen LogP contribution is 2.49. The molecule has 2 unspecified atom stereocenters. The average molecular weight is 354 g/mol. The standard InChI is InChI=1S/C20H39N3O2/c1-15(20(7)14-22(8)13-19(20,5)6)23-11-9-16(10-12-23)21-17(24)25-18(2,3)4/h15-16H,9-14H2,1-8H3,(H,21,24). The Morgan fingerprint density at radius 1 is 1.16 bits per heavy atom. The molecule has 2 aliphatic heterocycles. The van der Waals surface area contributed by atoms with Crippen LogP contribution in [0.5, 0.6) is 0 Å². The third kappa shape index (κ3) is 4.68. The predicted octanol–water partition coefficient (Wildman–Crippen LogP) is 3.34. The minimum Gasteiger partial charge on any atom is -0.444 e. The van der Waals surface area contributed by atoms with Crippen molar-refractivity contribution in [1.82, 2.24) is 15.1 Å². The zero-order valence-corrected chi connectivity index (χ0v) is 17.6. The molecule has 1 amide bonds. The Morgan fingerprint density at radius 2 is 1.72 bits per heavy atom. The van der Waals surface area contributed by atoms with Crippen LogP contribution < -0.4 is 5.32 Å². The zero-order chi connectivity index (χ0) is 19.0. The van der Waals surface area contributed by atoms with Gasteiger partial charge in [0.1, 0.15) is 5.60 Å². The minimum absolute atomic E-state index is 0.227. The minimum atomic E-state index is -0.437. The molecule has 0 aromatic rings. The summed E-state index contributed by atoms with van der Waals surface area (Å²) in [4.78, 5) is 17.1. The van der Waals surface area contributed by atoms with E-state index in [0.717, 1.165) is 39.0 Å². The monoisotopic (exact) mass is 353 g/mol. The molecule has 5 nitrogen and oxygen atoms in total. The summed E-state index contributed by atoms with van der Waals surface area (Å²) >= 11 is 0. The van der Waals surface area contributed by atoms with Crippen LogP contribution >= 0.6 is 0 Å². The lowest BCUT2D eigenvalue weighted by molar-refractivity contribution is 0.0100. The Kier molecular flexibility index (Phi) is 5.80. The molecule has 0 bridgehead atoms. The van der Waals surface area contributed by atoms with E-state index < -0.39 is 5.60 Å². The maximum atomic E-state index is 12.0. The van der Waals surface area contributed by atoms with Gasteiger partial charge in [0.25, 0.3) is 0 Å². The number of nitrogens with zero attached hydrogens (tertiary/aromatic N) is 2. The fourth-order valence-corrected chi connectivity index (χ4v) is 4.69. The number of amides is 1. The summed E-state index contributed by atoms with van der Waals surface area (Å²) in [5.41, 5.74) is 0.161. The van der Waals surface area contributed by atoms with Crippen molar-refractivity contribution in [2.45, 2.75) is 79.0 Å². The molecule has 0 saturated carbocycles. The van der Waals surface area contributed by atoms with Gasteiger partial charge in [-0.2, -0.15) is 0 Å². The van der Waals surface area contributed by atoms with Gasteiger partial charge in [0.2, 0.25) is 0 Å².